The van der Waals surface area contributed by atoms with Crippen molar-refractivity contribution in [2.45, 2.75) is 25.7 Å². The van der Waals surface area contributed by atoms with Gasteiger partial charge in [-0.25, -0.2) is 0 Å². The summed E-state index contributed by atoms with van der Waals surface area (Å²) in [4.78, 5) is 0. The van der Waals surface area contributed by atoms with Gasteiger partial charge in [-0.2, -0.15) is 0 Å². The molecule has 0 aliphatic heterocycles. The molecule has 1 aromatic rings. The molecule has 71 valence electrons. The monoisotopic (exact) mass is 177 g/mol. The molecular weight excluding hydrogens is 160 g/mol. The second-order valence-electron chi connectivity index (χ2n) is 3.16. The Morgan fingerprint density at radius 1 is 1.15 bits per heavy atom. The zero-order valence-corrected chi connectivity index (χ0v) is 8.25. The molecule has 0 N–H and O–H groups in total. The van der Waals surface area contributed by atoms with Crippen molar-refractivity contribution in [1.82, 2.24) is 0 Å². The van der Waals surface area contributed by atoms with Crippen molar-refractivity contribution in [3.8, 4) is 5.75 Å². The van der Waals surface area contributed by atoms with E-state index in [1.165, 1.54) is 18.4 Å². The van der Waals surface area contributed by atoms with E-state index in [0.717, 1.165) is 18.6 Å². The van der Waals surface area contributed by atoms with Crippen LogP contribution in [0.25, 0.3) is 0 Å². The molecule has 0 amide bonds. The molecule has 0 atom stereocenters. The highest BCUT2D eigenvalue weighted by molar-refractivity contribution is 5.27. The van der Waals surface area contributed by atoms with E-state index >= 15 is 0 Å². The van der Waals surface area contributed by atoms with Gasteiger partial charge in [0.1, 0.15) is 5.75 Å². The summed E-state index contributed by atoms with van der Waals surface area (Å²) in [5, 5.41) is 0. The first kappa shape index (κ1) is 10.1. The Kier molecular flexibility index (Phi) is 4.37. The van der Waals surface area contributed by atoms with Crippen LogP contribution in [0.4, 0.5) is 0 Å². The van der Waals surface area contributed by atoms with E-state index < -0.39 is 0 Å². The fraction of sp³-hybridized carbons (Fsp3) is 0.417. The first-order valence-electron chi connectivity index (χ1n) is 4.79. The molecule has 0 saturated heterocycles. The van der Waals surface area contributed by atoms with Gasteiger partial charge in [-0.05, 0) is 30.5 Å². The summed E-state index contributed by atoms with van der Waals surface area (Å²) in [5.41, 5.74) is 1.38. The minimum Gasteiger partial charge on any atom is -0.497 e. The molecule has 0 saturated carbocycles. The first-order chi connectivity index (χ1) is 6.36. The molecular formula is C12H17O. The molecule has 0 unspecified atom stereocenters. The zero-order valence-electron chi connectivity index (χ0n) is 8.25. The van der Waals surface area contributed by atoms with Crippen LogP contribution in [-0.2, 0) is 6.42 Å². The van der Waals surface area contributed by atoms with Crippen LogP contribution in [0.2, 0.25) is 0 Å². The van der Waals surface area contributed by atoms with E-state index in [4.69, 9.17) is 4.74 Å². The summed E-state index contributed by atoms with van der Waals surface area (Å²) in [6.07, 6.45) is 4.64. The van der Waals surface area contributed by atoms with E-state index in [9.17, 15) is 0 Å². The molecule has 0 aliphatic rings. The summed E-state index contributed by atoms with van der Waals surface area (Å²) < 4.78 is 5.08. The number of methoxy groups -OCH3 is 1. The third-order valence-corrected chi connectivity index (χ3v) is 2.12. The Labute approximate surface area is 80.7 Å². The van der Waals surface area contributed by atoms with Gasteiger partial charge in [0.05, 0.1) is 7.11 Å². The van der Waals surface area contributed by atoms with Gasteiger partial charge < -0.3 is 4.74 Å². The number of hydrogen-bond acceptors (Lipinski definition) is 1. The SMILES string of the molecule is [CH2]CCCCc1ccc(OC)cc1. The van der Waals surface area contributed by atoms with E-state index in [1.807, 2.05) is 12.1 Å². The lowest BCUT2D eigenvalue weighted by atomic mass is 10.1. The lowest BCUT2D eigenvalue weighted by molar-refractivity contribution is 0.414. The van der Waals surface area contributed by atoms with Crippen LogP contribution < -0.4 is 4.74 Å². The molecule has 1 aromatic carbocycles. The van der Waals surface area contributed by atoms with E-state index in [1.54, 1.807) is 7.11 Å². The molecule has 0 heterocycles. The largest absolute Gasteiger partial charge is 0.497 e. The van der Waals surface area contributed by atoms with Gasteiger partial charge in [0.2, 0.25) is 0 Å². The van der Waals surface area contributed by atoms with Crippen molar-refractivity contribution in [1.29, 1.82) is 0 Å². The molecule has 0 aromatic heterocycles. The molecule has 0 fully saturated rings. The summed E-state index contributed by atoms with van der Waals surface area (Å²) in [6, 6.07) is 8.28. The van der Waals surface area contributed by atoms with Gasteiger partial charge in [0.25, 0.3) is 0 Å². The minimum absolute atomic E-state index is 0.931. The van der Waals surface area contributed by atoms with Crippen molar-refractivity contribution in [2.75, 3.05) is 7.11 Å². The number of hydrogen-bond donors (Lipinski definition) is 0. The summed E-state index contributed by atoms with van der Waals surface area (Å²) >= 11 is 0. The second kappa shape index (κ2) is 5.63. The number of benzene rings is 1. The second-order valence-corrected chi connectivity index (χ2v) is 3.16. The fourth-order valence-electron chi connectivity index (χ4n) is 1.30. The fourth-order valence-corrected chi connectivity index (χ4v) is 1.30. The molecule has 1 radical (unpaired) electrons. The van der Waals surface area contributed by atoms with Gasteiger partial charge in [-0.1, -0.05) is 31.9 Å². The predicted molar refractivity (Wildman–Crippen MR) is 55.9 cm³/mol. The molecule has 1 rings (SSSR count). The maximum atomic E-state index is 5.08. The van der Waals surface area contributed by atoms with Crippen LogP contribution in [0.15, 0.2) is 24.3 Å². The Balaban J connectivity index is 2.40. The predicted octanol–water partition coefficient (Wildman–Crippen LogP) is 3.24. The van der Waals surface area contributed by atoms with Crippen LogP contribution in [0.3, 0.4) is 0 Å². The summed E-state index contributed by atoms with van der Waals surface area (Å²) in [6.45, 7) is 3.82. The van der Waals surface area contributed by atoms with Gasteiger partial charge in [-0.15, -0.1) is 0 Å². The Morgan fingerprint density at radius 2 is 1.85 bits per heavy atom. The number of rotatable bonds is 5. The summed E-state index contributed by atoms with van der Waals surface area (Å²) in [7, 11) is 1.69. The number of aryl methyl sites for hydroxylation is 1. The van der Waals surface area contributed by atoms with Crippen molar-refractivity contribution in [3.63, 3.8) is 0 Å². The van der Waals surface area contributed by atoms with Crippen LogP contribution in [-0.4, -0.2) is 7.11 Å². The van der Waals surface area contributed by atoms with Crippen LogP contribution in [0.1, 0.15) is 24.8 Å². The van der Waals surface area contributed by atoms with Crippen LogP contribution in [0.5, 0.6) is 5.75 Å². The zero-order chi connectivity index (χ0) is 9.52. The molecule has 0 bridgehead atoms. The Hall–Kier alpha value is -0.980. The van der Waals surface area contributed by atoms with Crippen molar-refractivity contribution >= 4 is 0 Å². The first-order valence-corrected chi connectivity index (χ1v) is 4.79. The van der Waals surface area contributed by atoms with Crippen LogP contribution >= 0.6 is 0 Å². The van der Waals surface area contributed by atoms with Gasteiger partial charge in [0.15, 0.2) is 0 Å². The van der Waals surface area contributed by atoms with Crippen molar-refractivity contribution in [3.05, 3.63) is 36.8 Å². The molecule has 0 aliphatic carbocycles. The van der Waals surface area contributed by atoms with E-state index in [2.05, 4.69) is 19.1 Å². The highest BCUT2D eigenvalue weighted by atomic mass is 16.5. The molecule has 1 heteroatoms. The topological polar surface area (TPSA) is 9.23 Å². The van der Waals surface area contributed by atoms with Gasteiger partial charge >= 0.3 is 0 Å². The standard InChI is InChI=1S/C12H17O/c1-3-4-5-6-11-7-9-12(13-2)10-8-11/h7-10H,1,3-6H2,2H3. The molecule has 1 nitrogen and oxygen atoms in total. The smallest absolute Gasteiger partial charge is 0.118 e. The Morgan fingerprint density at radius 3 is 2.38 bits per heavy atom. The summed E-state index contributed by atoms with van der Waals surface area (Å²) in [5.74, 6) is 0.931. The average molecular weight is 177 g/mol. The maximum Gasteiger partial charge on any atom is 0.118 e. The van der Waals surface area contributed by atoms with E-state index in [-0.39, 0.29) is 0 Å². The normalized spacial score (nSPS) is 10.0. The van der Waals surface area contributed by atoms with E-state index in [0.29, 0.717) is 0 Å². The number of ether oxygens (including phenoxy) is 1. The highest BCUT2D eigenvalue weighted by Crippen LogP contribution is 2.13. The van der Waals surface area contributed by atoms with Crippen molar-refractivity contribution in [2.24, 2.45) is 0 Å². The lowest BCUT2D eigenvalue weighted by Crippen LogP contribution is -1.86. The van der Waals surface area contributed by atoms with Crippen LogP contribution in [0, 0.1) is 6.92 Å². The maximum absolute atomic E-state index is 5.08. The minimum atomic E-state index is 0.931. The average Bonchev–Trinajstić information content (AvgIpc) is 2.19. The quantitative estimate of drug-likeness (QED) is 0.627. The third kappa shape index (κ3) is 3.49. The molecule has 13 heavy (non-hydrogen) atoms. The van der Waals surface area contributed by atoms with Gasteiger partial charge in [-0.3, -0.25) is 0 Å². The number of unbranched alkanes of at least 4 members (excludes halogenated alkanes) is 2. The Bertz CT molecular complexity index is 225. The lowest BCUT2D eigenvalue weighted by Gasteiger charge is -2.02. The highest BCUT2D eigenvalue weighted by Gasteiger charge is 1.93. The van der Waals surface area contributed by atoms with Gasteiger partial charge in [0, 0.05) is 0 Å². The molecule has 0 spiro atoms. The van der Waals surface area contributed by atoms with Crippen molar-refractivity contribution < 1.29 is 4.74 Å². The third-order valence-electron chi connectivity index (χ3n) is 2.12.